The van der Waals surface area contributed by atoms with Crippen LogP contribution in [0.1, 0.15) is 23.2 Å². The lowest BCUT2D eigenvalue weighted by molar-refractivity contribution is -0.140. The third-order valence-electron chi connectivity index (χ3n) is 2.23. The van der Waals surface area contributed by atoms with E-state index in [4.69, 9.17) is 9.84 Å². The normalized spacial score (nSPS) is 11.6. The van der Waals surface area contributed by atoms with Crippen LogP contribution in [0.3, 0.4) is 0 Å². The van der Waals surface area contributed by atoms with E-state index in [1.54, 1.807) is 30.3 Å². The Kier molecular flexibility index (Phi) is 5.69. The monoisotopic (exact) mass is 266 g/mol. The number of carboxylic acid groups (broad SMARTS) is 1. The van der Waals surface area contributed by atoms with E-state index in [2.05, 4.69) is 0 Å². The van der Waals surface area contributed by atoms with Crippen LogP contribution in [0.5, 0.6) is 0 Å². The molecular weight excluding hydrogens is 252 g/mol. The number of rotatable bonds is 7. The molecule has 0 bridgehead atoms. The summed E-state index contributed by atoms with van der Waals surface area (Å²) in [5, 5.41) is 17.8. The van der Waals surface area contributed by atoms with Gasteiger partial charge in [0.25, 0.3) is 0 Å². The number of ether oxygens (including phenoxy) is 1. The first-order chi connectivity index (χ1) is 8.99. The van der Waals surface area contributed by atoms with Gasteiger partial charge in [0.05, 0.1) is 11.7 Å². The van der Waals surface area contributed by atoms with E-state index in [0.29, 0.717) is 5.56 Å². The van der Waals surface area contributed by atoms with Crippen LogP contribution >= 0.6 is 0 Å². The molecule has 0 saturated heterocycles. The van der Waals surface area contributed by atoms with Crippen molar-refractivity contribution in [2.45, 2.75) is 18.9 Å². The number of aliphatic hydroxyl groups is 1. The van der Waals surface area contributed by atoms with Crippen molar-refractivity contribution >= 4 is 17.7 Å². The van der Waals surface area contributed by atoms with Gasteiger partial charge in [-0.25, -0.2) is 4.79 Å². The SMILES string of the molecule is O=C(O)CC(=O)C[C@H](O)COC(=O)c1ccccc1. The average Bonchev–Trinajstić information content (AvgIpc) is 2.36. The van der Waals surface area contributed by atoms with Gasteiger partial charge >= 0.3 is 11.9 Å². The summed E-state index contributed by atoms with van der Waals surface area (Å²) in [4.78, 5) is 32.9. The number of carbonyl (C=O) groups is 3. The topological polar surface area (TPSA) is 101 Å². The number of ketones is 1. The fourth-order valence-electron chi connectivity index (χ4n) is 1.39. The summed E-state index contributed by atoms with van der Waals surface area (Å²) in [6.07, 6.45) is -2.20. The Morgan fingerprint density at radius 1 is 1.16 bits per heavy atom. The summed E-state index contributed by atoms with van der Waals surface area (Å²) in [5.74, 6) is -2.47. The molecule has 6 nitrogen and oxygen atoms in total. The van der Waals surface area contributed by atoms with Crippen molar-refractivity contribution in [1.29, 1.82) is 0 Å². The molecule has 1 atom stereocenters. The average molecular weight is 266 g/mol. The van der Waals surface area contributed by atoms with E-state index in [-0.39, 0.29) is 13.0 Å². The largest absolute Gasteiger partial charge is 0.481 e. The van der Waals surface area contributed by atoms with Gasteiger partial charge in [0, 0.05) is 6.42 Å². The molecule has 0 fully saturated rings. The number of aliphatic hydroxyl groups excluding tert-OH is 1. The Hall–Kier alpha value is -2.21. The van der Waals surface area contributed by atoms with Crippen LogP contribution in [-0.2, 0) is 14.3 Å². The van der Waals surface area contributed by atoms with Gasteiger partial charge in [-0.3, -0.25) is 9.59 Å². The number of esters is 1. The van der Waals surface area contributed by atoms with Crippen LogP contribution in [0, 0.1) is 0 Å². The van der Waals surface area contributed by atoms with Crippen LogP contribution in [-0.4, -0.2) is 40.6 Å². The lowest BCUT2D eigenvalue weighted by atomic mass is 10.1. The van der Waals surface area contributed by atoms with Crippen LogP contribution in [0.25, 0.3) is 0 Å². The Bertz CT molecular complexity index is 453. The molecule has 0 aliphatic carbocycles. The molecule has 0 heterocycles. The molecule has 0 saturated carbocycles. The van der Waals surface area contributed by atoms with Crippen LogP contribution < -0.4 is 0 Å². The number of carbonyl (C=O) groups excluding carboxylic acids is 2. The highest BCUT2D eigenvalue weighted by Crippen LogP contribution is 2.03. The quantitative estimate of drug-likeness (QED) is 0.554. The summed E-state index contributed by atoms with van der Waals surface area (Å²) in [5.41, 5.74) is 0.339. The second kappa shape index (κ2) is 7.27. The van der Waals surface area contributed by atoms with E-state index in [1.165, 1.54) is 0 Å². The third-order valence-corrected chi connectivity index (χ3v) is 2.23. The molecule has 1 aromatic rings. The second-order valence-electron chi connectivity index (χ2n) is 3.93. The van der Waals surface area contributed by atoms with Crippen molar-refractivity contribution in [2.75, 3.05) is 6.61 Å². The van der Waals surface area contributed by atoms with Gasteiger partial charge in [0.1, 0.15) is 18.8 Å². The molecule has 0 radical (unpaired) electrons. The second-order valence-corrected chi connectivity index (χ2v) is 3.93. The number of Topliss-reactive ketones (excluding diaryl/α,β-unsaturated/α-hetero) is 1. The first-order valence-electron chi connectivity index (χ1n) is 5.62. The number of benzene rings is 1. The number of hydrogen-bond donors (Lipinski definition) is 2. The summed E-state index contributed by atoms with van der Waals surface area (Å²) in [6, 6.07) is 8.21. The van der Waals surface area contributed by atoms with Crippen LogP contribution in [0.4, 0.5) is 0 Å². The highest BCUT2D eigenvalue weighted by atomic mass is 16.5. The molecule has 0 aliphatic rings. The Balaban J connectivity index is 2.34. The molecule has 1 rings (SSSR count). The zero-order valence-corrected chi connectivity index (χ0v) is 10.1. The standard InChI is InChI=1S/C13H14O6/c14-10(7-12(16)17)6-11(15)8-19-13(18)9-4-2-1-3-5-9/h1-5,11,15H,6-8H2,(H,16,17)/t11-/m0/s1. The van der Waals surface area contributed by atoms with Crippen molar-refractivity contribution in [3.8, 4) is 0 Å². The van der Waals surface area contributed by atoms with Crippen LogP contribution in [0.15, 0.2) is 30.3 Å². The highest BCUT2D eigenvalue weighted by Gasteiger charge is 2.16. The molecule has 1 aromatic carbocycles. The Morgan fingerprint density at radius 3 is 2.37 bits per heavy atom. The van der Waals surface area contributed by atoms with Crippen molar-refractivity contribution in [3.63, 3.8) is 0 Å². The lowest BCUT2D eigenvalue weighted by Crippen LogP contribution is -2.23. The molecule has 0 unspecified atom stereocenters. The van der Waals surface area contributed by atoms with Crippen molar-refractivity contribution in [1.82, 2.24) is 0 Å². The first kappa shape index (κ1) is 14.8. The summed E-state index contributed by atoms with van der Waals surface area (Å²) in [6.45, 7) is -0.348. The van der Waals surface area contributed by atoms with Gasteiger partial charge in [-0.05, 0) is 12.1 Å². The minimum absolute atomic E-state index is 0.339. The van der Waals surface area contributed by atoms with Gasteiger partial charge in [-0.2, -0.15) is 0 Å². The van der Waals surface area contributed by atoms with Gasteiger partial charge < -0.3 is 14.9 Å². The molecule has 0 aliphatic heterocycles. The Labute approximate surface area is 109 Å². The van der Waals surface area contributed by atoms with E-state index < -0.39 is 30.2 Å². The fourth-order valence-corrected chi connectivity index (χ4v) is 1.39. The molecule has 0 amide bonds. The number of hydrogen-bond acceptors (Lipinski definition) is 5. The molecule has 6 heteroatoms. The molecule has 2 N–H and O–H groups in total. The molecular formula is C13H14O6. The maximum Gasteiger partial charge on any atom is 0.338 e. The number of aliphatic carboxylic acids is 1. The molecule has 0 aromatic heterocycles. The third kappa shape index (κ3) is 5.78. The van der Waals surface area contributed by atoms with E-state index in [1.807, 2.05) is 0 Å². The van der Waals surface area contributed by atoms with Gasteiger partial charge in [-0.15, -0.1) is 0 Å². The molecule has 0 spiro atoms. The maximum absolute atomic E-state index is 11.5. The zero-order valence-electron chi connectivity index (χ0n) is 10.1. The zero-order chi connectivity index (χ0) is 14.3. The van der Waals surface area contributed by atoms with Crippen LogP contribution in [0.2, 0.25) is 0 Å². The van der Waals surface area contributed by atoms with E-state index in [0.717, 1.165) is 0 Å². The van der Waals surface area contributed by atoms with Crippen molar-refractivity contribution in [3.05, 3.63) is 35.9 Å². The minimum atomic E-state index is -1.25. The molecule has 102 valence electrons. The number of carboxylic acids is 1. The summed E-state index contributed by atoms with van der Waals surface area (Å²) in [7, 11) is 0. The van der Waals surface area contributed by atoms with Gasteiger partial charge in [-0.1, -0.05) is 18.2 Å². The molecule has 19 heavy (non-hydrogen) atoms. The fraction of sp³-hybridized carbons (Fsp3) is 0.308. The van der Waals surface area contributed by atoms with Crippen molar-refractivity contribution < 1.29 is 29.3 Å². The predicted molar refractivity (Wildman–Crippen MR) is 64.6 cm³/mol. The summed E-state index contributed by atoms with van der Waals surface area (Å²) >= 11 is 0. The van der Waals surface area contributed by atoms with Gasteiger partial charge in [0.15, 0.2) is 0 Å². The Morgan fingerprint density at radius 2 is 1.79 bits per heavy atom. The maximum atomic E-state index is 11.5. The summed E-state index contributed by atoms with van der Waals surface area (Å²) < 4.78 is 4.81. The first-order valence-corrected chi connectivity index (χ1v) is 5.62. The van der Waals surface area contributed by atoms with E-state index in [9.17, 15) is 19.5 Å². The highest BCUT2D eigenvalue weighted by molar-refractivity contribution is 5.95. The minimum Gasteiger partial charge on any atom is -0.481 e. The smallest absolute Gasteiger partial charge is 0.338 e. The van der Waals surface area contributed by atoms with E-state index >= 15 is 0 Å². The van der Waals surface area contributed by atoms with Crippen molar-refractivity contribution in [2.24, 2.45) is 0 Å². The van der Waals surface area contributed by atoms with Gasteiger partial charge in [0.2, 0.25) is 0 Å². The predicted octanol–water partition coefficient (Wildman–Crippen LogP) is 0.638. The lowest BCUT2D eigenvalue weighted by Gasteiger charge is -2.10.